The van der Waals surface area contributed by atoms with Crippen LogP contribution >= 0.6 is 0 Å². The molecule has 16 heavy (non-hydrogen) atoms. The molecule has 4 atom stereocenters. The van der Waals surface area contributed by atoms with Crippen LogP contribution in [0.25, 0.3) is 0 Å². The summed E-state index contributed by atoms with van der Waals surface area (Å²) >= 11 is 0. The number of guanidine groups is 1. The summed E-state index contributed by atoms with van der Waals surface area (Å²) in [7, 11) is 0. The summed E-state index contributed by atoms with van der Waals surface area (Å²) in [5.74, 6) is -0.345. The molecule has 8 N–H and O–H groups in total. The lowest BCUT2D eigenvalue weighted by molar-refractivity contribution is -0.0194. The number of carbonyl (C=O) groups excluding carboxylic acids is 1. The van der Waals surface area contributed by atoms with Crippen LogP contribution in [0.1, 0.15) is 0 Å². The number of nitrogens with two attached hydrogens (primary N) is 2. The van der Waals surface area contributed by atoms with Crippen molar-refractivity contribution in [2.75, 3.05) is 6.61 Å². The van der Waals surface area contributed by atoms with Crippen LogP contribution in [0.15, 0.2) is 4.99 Å². The van der Waals surface area contributed by atoms with Crippen molar-refractivity contribution in [2.24, 2.45) is 16.5 Å². The van der Waals surface area contributed by atoms with Crippen molar-refractivity contribution >= 4 is 12.0 Å². The average Bonchev–Trinajstić information content (AvgIpc) is 2.44. The molecule has 9 nitrogen and oxygen atoms in total. The number of nitrogens with zero attached hydrogens (tertiary/aromatic N) is 1. The Bertz CT molecular complexity index is 297. The molecule has 1 heterocycles. The number of carbonyl (C=O) groups is 1. The SMILES string of the molecule is NC(=O)NC(N)=N[C@H]1O[C@@H](CO)[C@H](O)[C@@H]1O. The van der Waals surface area contributed by atoms with Crippen molar-refractivity contribution in [3.8, 4) is 0 Å². The van der Waals surface area contributed by atoms with Gasteiger partial charge in [-0.25, -0.2) is 9.79 Å². The van der Waals surface area contributed by atoms with Gasteiger partial charge in [-0.3, -0.25) is 5.32 Å². The van der Waals surface area contributed by atoms with Crippen LogP contribution in [-0.2, 0) is 4.74 Å². The summed E-state index contributed by atoms with van der Waals surface area (Å²) in [5, 5.41) is 29.6. The Morgan fingerprint density at radius 3 is 2.44 bits per heavy atom. The van der Waals surface area contributed by atoms with Gasteiger partial charge in [0.1, 0.15) is 18.3 Å². The summed E-state index contributed by atoms with van der Waals surface area (Å²) in [6, 6.07) is -0.909. The van der Waals surface area contributed by atoms with Crippen LogP contribution in [0, 0.1) is 0 Å². The Kier molecular flexibility index (Phi) is 4.01. The van der Waals surface area contributed by atoms with E-state index in [-0.39, 0.29) is 5.96 Å². The van der Waals surface area contributed by atoms with E-state index in [4.69, 9.17) is 21.3 Å². The largest absolute Gasteiger partial charge is 0.394 e. The predicted molar refractivity (Wildman–Crippen MR) is 52.1 cm³/mol. The van der Waals surface area contributed by atoms with Gasteiger partial charge in [0.2, 0.25) is 0 Å². The van der Waals surface area contributed by atoms with Gasteiger partial charge in [0.25, 0.3) is 0 Å². The van der Waals surface area contributed by atoms with Gasteiger partial charge in [-0.2, -0.15) is 0 Å². The number of hydrogen-bond acceptors (Lipinski definition) is 6. The third kappa shape index (κ3) is 2.79. The standard InChI is InChI=1S/C7H14N4O5/c8-6(11-7(9)15)10-5-4(14)3(13)2(1-12)16-5/h2-5,12-14H,1H2,(H5,8,9,10,11,15)/t2-,3-,4-,5-/m0/s1. The lowest BCUT2D eigenvalue weighted by Gasteiger charge is -2.10. The van der Waals surface area contributed by atoms with Crippen molar-refractivity contribution in [3.63, 3.8) is 0 Å². The van der Waals surface area contributed by atoms with E-state index in [1.54, 1.807) is 0 Å². The van der Waals surface area contributed by atoms with E-state index in [1.807, 2.05) is 5.32 Å². The van der Waals surface area contributed by atoms with Gasteiger partial charge in [0.05, 0.1) is 6.61 Å². The number of rotatable bonds is 2. The number of ether oxygens (including phenoxy) is 1. The Morgan fingerprint density at radius 1 is 1.38 bits per heavy atom. The fraction of sp³-hybridized carbons (Fsp3) is 0.714. The minimum absolute atomic E-state index is 0.345. The van der Waals surface area contributed by atoms with Gasteiger partial charge in [0.15, 0.2) is 12.2 Å². The Morgan fingerprint density at radius 2 is 2.00 bits per heavy atom. The molecule has 0 saturated carbocycles. The van der Waals surface area contributed by atoms with E-state index in [0.717, 1.165) is 0 Å². The molecule has 0 bridgehead atoms. The van der Waals surface area contributed by atoms with E-state index in [0.29, 0.717) is 0 Å². The van der Waals surface area contributed by atoms with Crippen LogP contribution in [0.4, 0.5) is 4.79 Å². The molecule has 0 aromatic rings. The molecule has 0 aromatic heterocycles. The van der Waals surface area contributed by atoms with E-state index >= 15 is 0 Å². The van der Waals surface area contributed by atoms with Gasteiger partial charge in [-0.1, -0.05) is 0 Å². The molecule has 92 valence electrons. The monoisotopic (exact) mass is 234 g/mol. The van der Waals surface area contributed by atoms with E-state index in [1.165, 1.54) is 0 Å². The van der Waals surface area contributed by atoms with Gasteiger partial charge < -0.3 is 31.5 Å². The third-order valence-electron chi connectivity index (χ3n) is 2.03. The zero-order chi connectivity index (χ0) is 12.3. The first-order valence-electron chi connectivity index (χ1n) is 4.48. The van der Waals surface area contributed by atoms with E-state index < -0.39 is 37.2 Å². The molecular weight excluding hydrogens is 220 g/mol. The number of amides is 2. The number of aliphatic imine (C=N–C) groups is 1. The van der Waals surface area contributed by atoms with Crippen LogP contribution in [-0.4, -0.2) is 58.5 Å². The minimum atomic E-state index is -1.33. The zero-order valence-corrected chi connectivity index (χ0v) is 8.28. The Hall–Kier alpha value is -1.42. The van der Waals surface area contributed by atoms with E-state index in [9.17, 15) is 15.0 Å². The van der Waals surface area contributed by atoms with Crippen LogP contribution in [0.3, 0.4) is 0 Å². The highest BCUT2D eigenvalue weighted by molar-refractivity contribution is 5.94. The summed E-state index contributed by atoms with van der Waals surface area (Å²) in [6.45, 7) is -0.465. The normalized spacial score (nSPS) is 35.1. The summed E-state index contributed by atoms with van der Waals surface area (Å²) in [4.78, 5) is 14.0. The second-order valence-electron chi connectivity index (χ2n) is 3.23. The molecule has 2 amide bonds. The van der Waals surface area contributed by atoms with Crippen LogP contribution < -0.4 is 16.8 Å². The maximum atomic E-state index is 10.4. The van der Waals surface area contributed by atoms with Crippen LogP contribution in [0.5, 0.6) is 0 Å². The second-order valence-corrected chi connectivity index (χ2v) is 3.23. The summed E-state index contributed by atoms with van der Waals surface area (Å²) in [6.07, 6.45) is -4.69. The maximum absolute atomic E-state index is 10.4. The molecule has 0 spiro atoms. The molecule has 0 unspecified atom stereocenters. The van der Waals surface area contributed by atoms with Crippen molar-refractivity contribution in [1.29, 1.82) is 0 Å². The first-order valence-corrected chi connectivity index (χ1v) is 4.48. The highest BCUT2D eigenvalue weighted by Gasteiger charge is 2.42. The number of aliphatic hydroxyl groups is 3. The number of urea groups is 1. The smallest absolute Gasteiger partial charge is 0.318 e. The van der Waals surface area contributed by atoms with Crippen molar-refractivity contribution in [3.05, 3.63) is 0 Å². The van der Waals surface area contributed by atoms with Crippen molar-refractivity contribution < 1.29 is 24.9 Å². The number of nitrogens with one attached hydrogen (secondary N) is 1. The lowest BCUT2D eigenvalue weighted by Crippen LogP contribution is -2.42. The van der Waals surface area contributed by atoms with E-state index in [2.05, 4.69) is 4.99 Å². The van der Waals surface area contributed by atoms with Crippen LogP contribution in [0.2, 0.25) is 0 Å². The van der Waals surface area contributed by atoms with Gasteiger partial charge in [-0.05, 0) is 0 Å². The molecule has 9 heteroatoms. The number of primary amides is 1. The van der Waals surface area contributed by atoms with Crippen molar-refractivity contribution in [2.45, 2.75) is 24.5 Å². The molecule has 1 saturated heterocycles. The van der Waals surface area contributed by atoms with Gasteiger partial charge >= 0.3 is 6.03 Å². The molecule has 0 radical (unpaired) electrons. The third-order valence-corrected chi connectivity index (χ3v) is 2.03. The first kappa shape index (κ1) is 12.6. The molecule has 1 aliphatic heterocycles. The van der Waals surface area contributed by atoms with Crippen molar-refractivity contribution in [1.82, 2.24) is 5.32 Å². The fourth-order valence-electron chi connectivity index (χ4n) is 1.28. The molecule has 1 fully saturated rings. The second kappa shape index (κ2) is 5.07. The first-order chi connectivity index (χ1) is 7.45. The van der Waals surface area contributed by atoms with Gasteiger partial charge in [0, 0.05) is 0 Å². The topological polar surface area (TPSA) is 163 Å². The summed E-state index contributed by atoms with van der Waals surface area (Å²) in [5.41, 5.74) is 10.0. The lowest BCUT2D eigenvalue weighted by atomic mass is 10.1. The molecule has 0 aliphatic carbocycles. The summed E-state index contributed by atoms with van der Waals surface area (Å²) < 4.78 is 4.98. The predicted octanol–water partition coefficient (Wildman–Crippen LogP) is -3.59. The average molecular weight is 234 g/mol. The Balaban J connectivity index is 2.65. The molecule has 1 rings (SSSR count). The highest BCUT2D eigenvalue weighted by atomic mass is 16.6. The van der Waals surface area contributed by atoms with Gasteiger partial charge in [-0.15, -0.1) is 0 Å². The molecule has 0 aromatic carbocycles. The zero-order valence-electron chi connectivity index (χ0n) is 8.28. The fourth-order valence-corrected chi connectivity index (χ4v) is 1.28. The minimum Gasteiger partial charge on any atom is -0.394 e. The molecule has 1 aliphatic rings. The number of aliphatic hydroxyl groups excluding tert-OH is 3. The molecular formula is C7H14N4O5. The maximum Gasteiger partial charge on any atom is 0.318 e. The quantitative estimate of drug-likeness (QED) is 0.213. The Labute approximate surface area is 90.7 Å². The highest BCUT2D eigenvalue weighted by Crippen LogP contribution is 2.21. The number of hydrogen-bond donors (Lipinski definition) is 6.